The number of methoxy groups -OCH3 is 1. The van der Waals surface area contributed by atoms with Gasteiger partial charge in [-0.15, -0.1) is 0 Å². The van der Waals surface area contributed by atoms with E-state index < -0.39 is 5.76 Å². The molecule has 6 nitrogen and oxygen atoms in total. The van der Waals surface area contributed by atoms with Crippen LogP contribution in [-0.4, -0.2) is 16.9 Å². The van der Waals surface area contributed by atoms with E-state index in [-0.39, 0.29) is 6.08 Å². The van der Waals surface area contributed by atoms with Crippen molar-refractivity contribution in [2.75, 3.05) is 7.11 Å². The van der Waals surface area contributed by atoms with E-state index in [4.69, 9.17) is 13.9 Å². The minimum Gasteiger partial charge on any atom is -0.497 e. The molecule has 3 aromatic carbocycles. The Labute approximate surface area is 155 Å². The first kappa shape index (κ1) is 16.7. The molecule has 0 saturated carbocycles. The monoisotopic (exact) mass is 360 g/mol. The van der Waals surface area contributed by atoms with Crippen molar-refractivity contribution in [2.24, 2.45) is 0 Å². The molecule has 1 aromatic heterocycles. The number of ether oxygens (including phenoxy) is 2. The van der Waals surface area contributed by atoms with Crippen molar-refractivity contribution in [3.05, 3.63) is 89.4 Å². The van der Waals surface area contributed by atoms with E-state index >= 15 is 0 Å². The number of benzene rings is 3. The maximum Gasteiger partial charge on any atom is 0.444 e. The Morgan fingerprint density at radius 1 is 0.852 bits per heavy atom. The third kappa shape index (κ3) is 3.59. The van der Waals surface area contributed by atoms with Gasteiger partial charge in [0.25, 0.3) is 0 Å². The summed E-state index contributed by atoms with van der Waals surface area (Å²) >= 11 is 0. The van der Waals surface area contributed by atoms with E-state index in [0.717, 1.165) is 16.9 Å². The second kappa shape index (κ2) is 7.21. The molecule has 134 valence electrons. The van der Waals surface area contributed by atoms with Gasteiger partial charge in [0, 0.05) is 0 Å². The lowest BCUT2D eigenvalue weighted by Crippen LogP contribution is -2.13. The van der Waals surface area contributed by atoms with Gasteiger partial charge in [-0.2, -0.15) is 4.68 Å². The Kier molecular flexibility index (Phi) is 4.45. The number of para-hydroxylation sites is 1. The van der Waals surface area contributed by atoms with Gasteiger partial charge in [0.1, 0.15) is 11.5 Å². The van der Waals surface area contributed by atoms with Gasteiger partial charge < -0.3 is 13.9 Å². The average molecular weight is 360 g/mol. The highest BCUT2D eigenvalue weighted by molar-refractivity contribution is 5.67. The molecule has 4 aromatic rings. The summed E-state index contributed by atoms with van der Waals surface area (Å²) in [5.74, 6) is 0.676. The molecule has 0 unspecified atom stereocenters. The molecular weight excluding hydrogens is 344 g/mol. The molecule has 0 aliphatic heterocycles. The summed E-state index contributed by atoms with van der Waals surface area (Å²) < 4.78 is 17.0. The fourth-order valence-corrected chi connectivity index (χ4v) is 2.67. The molecule has 4 rings (SSSR count). The molecule has 0 saturated heterocycles. The summed E-state index contributed by atoms with van der Waals surface area (Å²) in [5, 5.41) is 4.13. The maximum atomic E-state index is 12.2. The fraction of sp³-hybridized carbons (Fsp3) is 0.0476. The van der Waals surface area contributed by atoms with Crippen LogP contribution in [0.1, 0.15) is 0 Å². The van der Waals surface area contributed by atoms with Crippen molar-refractivity contribution in [3.63, 3.8) is 0 Å². The molecule has 0 N–H and O–H groups in total. The number of nitrogens with zero attached hydrogens (tertiary/aromatic N) is 2. The predicted molar refractivity (Wildman–Crippen MR) is 101 cm³/mol. The highest BCUT2D eigenvalue weighted by atomic mass is 16.6. The van der Waals surface area contributed by atoms with Crippen LogP contribution in [0.2, 0.25) is 0 Å². The van der Waals surface area contributed by atoms with Crippen molar-refractivity contribution in [1.82, 2.24) is 9.78 Å². The highest BCUT2D eigenvalue weighted by Gasteiger charge is 2.12. The Morgan fingerprint density at radius 2 is 1.56 bits per heavy atom. The molecule has 1 heterocycles. The van der Waals surface area contributed by atoms with Gasteiger partial charge in [0.2, 0.25) is 0 Å². The lowest BCUT2D eigenvalue weighted by atomic mass is 10.0. The van der Waals surface area contributed by atoms with Crippen LogP contribution in [0.3, 0.4) is 0 Å². The van der Waals surface area contributed by atoms with Crippen LogP contribution in [0, 0.1) is 0 Å². The van der Waals surface area contributed by atoms with Crippen molar-refractivity contribution in [3.8, 4) is 34.4 Å². The zero-order valence-corrected chi connectivity index (χ0v) is 14.5. The van der Waals surface area contributed by atoms with Crippen LogP contribution in [0.15, 0.2) is 88.1 Å². The number of aromatic nitrogens is 2. The van der Waals surface area contributed by atoms with Crippen LogP contribution in [0.5, 0.6) is 17.6 Å². The predicted octanol–water partition coefficient (Wildman–Crippen LogP) is 4.29. The van der Waals surface area contributed by atoms with Crippen LogP contribution in [0.25, 0.3) is 16.8 Å². The topological polar surface area (TPSA) is 66.5 Å². The van der Waals surface area contributed by atoms with E-state index in [2.05, 4.69) is 5.10 Å². The maximum absolute atomic E-state index is 12.2. The van der Waals surface area contributed by atoms with E-state index in [1.807, 2.05) is 60.7 Å². The summed E-state index contributed by atoms with van der Waals surface area (Å²) in [6.07, 6.45) is -0.113. The van der Waals surface area contributed by atoms with Crippen LogP contribution in [0.4, 0.5) is 0 Å². The highest BCUT2D eigenvalue weighted by Crippen LogP contribution is 2.25. The summed E-state index contributed by atoms with van der Waals surface area (Å²) in [7, 11) is 1.62. The van der Waals surface area contributed by atoms with Crippen molar-refractivity contribution in [1.29, 1.82) is 0 Å². The lowest BCUT2D eigenvalue weighted by molar-refractivity contribution is 0.320. The Hall–Kier alpha value is -3.80. The molecule has 27 heavy (non-hydrogen) atoms. The minimum atomic E-state index is -0.622. The summed E-state index contributed by atoms with van der Waals surface area (Å²) in [5.41, 5.74) is 2.47. The largest absolute Gasteiger partial charge is 0.497 e. The number of hydrogen-bond donors (Lipinski definition) is 0. The Balaban J connectivity index is 1.67. The first-order chi connectivity index (χ1) is 13.2. The summed E-state index contributed by atoms with van der Waals surface area (Å²) in [4.78, 5) is 12.2. The van der Waals surface area contributed by atoms with Gasteiger partial charge in [0.15, 0.2) is 0 Å². The van der Waals surface area contributed by atoms with Crippen LogP contribution in [-0.2, 0) is 0 Å². The third-order valence-corrected chi connectivity index (χ3v) is 3.97. The molecule has 0 spiro atoms. The van der Waals surface area contributed by atoms with Crippen molar-refractivity contribution < 1.29 is 13.9 Å². The zero-order valence-electron chi connectivity index (χ0n) is 14.5. The standard InChI is InChI=1S/C21H16N2O4/c1-25-19-12-6-8-16(14-19)15-7-5-9-17(13-15)23-21(24)27-20(22-23)26-18-10-3-2-4-11-18/h2-14H,1H3. The average Bonchev–Trinajstić information content (AvgIpc) is 3.09. The first-order valence-corrected chi connectivity index (χ1v) is 8.31. The van der Waals surface area contributed by atoms with E-state index in [0.29, 0.717) is 11.4 Å². The minimum absolute atomic E-state index is 0.113. The van der Waals surface area contributed by atoms with Gasteiger partial charge in [0.05, 0.1) is 12.8 Å². The lowest BCUT2D eigenvalue weighted by Gasteiger charge is -2.06. The molecular formula is C21H16N2O4. The van der Waals surface area contributed by atoms with Crippen molar-refractivity contribution >= 4 is 0 Å². The second-order valence-corrected chi connectivity index (χ2v) is 5.74. The van der Waals surface area contributed by atoms with Gasteiger partial charge in [-0.3, -0.25) is 0 Å². The number of hydrogen-bond acceptors (Lipinski definition) is 5. The molecule has 0 bridgehead atoms. The Bertz CT molecular complexity index is 1120. The zero-order chi connectivity index (χ0) is 18.6. The molecule has 0 radical (unpaired) electrons. The molecule has 0 atom stereocenters. The molecule has 0 aliphatic rings. The first-order valence-electron chi connectivity index (χ1n) is 8.31. The van der Waals surface area contributed by atoms with Crippen LogP contribution < -0.4 is 15.2 Å². The molecule has 0 amide bonds. The molecule has 6 heteroatoms. The summed E-state index contributed by atoms with van der Waals surface area (Å²) in [6.45, 7) is 0. The SMILES string of the molecule is COc1cccc(-c2cccc(-n3nc(Oc4ccccc4)oc3=O)c2)c1. The van der Waals surface area contributed by atoms with E-state index in [9.17, 15) is 4.79 Å². The smallest absolute Gasteiger partial charge is 0.444 e. The molecule has 0 aliphatic carbocycles. The van der Waals surface area contributed by atoms with Crippen molar-refractivity contribution in [2.45, 2.75) is 0 Å². The number of rotatable bonds is 5. The van der Waals surface area contributed by atoms with Gasteiger partial charge in [-0.05, 0) is 47.5 Å². The fourth-order valence-electron chi connectivity index (χ4n) is 2.67. The van der Waals surface area contributed by atoms with E-state index in [1.165, 1.54) is 4.68 Å². The van der Waals surface area contributed by atoms with Gasteiger partial charge >= 0.3 is 11.8 Å². The Morgan fingerprint density at radius 3 is 2.33 bits per heavy atom. The molecule has 0 fully saturated rings. The van der Waals surface area contributed by atoms with Gasteiger partial charge in [-0.25, -0.2) is 4.79 Å². The normalized spacial score (nSPS) is 10.6. The van der Waals surface area contributed by atoms with E-state index in [1.54, 1.807) is 25.3 Å². The third-order valence-electron chi connectivity index (χ3n) is 3.97. The van der Waals surface area contributed by atoms with Crippen LogP contribution >= 0.6 is 0 Å². The van der Waals surface area contributed by atoms with Gasteiger partial charge in [-0.1, -0.05) is 47.6 Å². The second-order valence-electron chi connectivity index (χ2n) is 5.74. The quantitative estimate of drug-likeness (QED) is 0.531. The summed E-state index contributed by atoms with van der Waals surface area (Å²) in [6, 6.07) is 24.1.